The maximum Gasteiger partial charge on any atom is 0.325 e. The zero-order chi connectivity index (χ0) is 15.9. The molecule has 1 aliphatic rings. The lowest BCUT2D eigenvalue weighted by molar-refractivity contribution is -0.151. The van der Waals surface area contributed by atoms with Crippen LogP contribution in [0, 0.1) is 5.41 Å². The van der Waals surface area contributed by atoms with Gasteiger partial charge in [0.05, 0.1) is 23.6 Å². The fourth-order valence-corrected chi connectivity index (χ4v) is 2.95. The van der Waals surface area contributed by atoms with Crippen molar-refractivity contribution in [3.05, 3.63) is 0 Å². The summed E-state index contributed by atoms with van der Waals surface area (Å²) < 4.78 is 9.93. The van der Waals surface area contributed by atoms with E-state index in [0.717, 1.165) is 12.8 Å². The summed E-state index contributed by atoms with van der Waals surface area (Å²) in [5.74, 6) is -0.615. The Bertz CT molecular complexity index is 394. The van der Waals surface area contributed by atoms with Crippen molar-refractivity contribution in [1.82, 2.24) is 4.90 Å². The van der Waals surface area contributed by atoms with Gasteiger partial charge in [-0.2, -0.15) is 0 Å². The van der Waals surface area contributed by atoms with Crippen LogP contribution in [-0.2, 0) is 19.1 Å². The third kappa shape index (κ3) is 4.38. The average Bonchev–Trinajstić information content (AvgIpc) is 2.93. The van der Waals surface area contributed by atoms with Crippen LogP contribution in [0.1, 0.15) is 32.6 Å². The first kappa shape index (κ1) is 17.8. The monoisotopic (exact) mass is 316 g/mol. The number of nitrogens with zero attached hydrogens (tertiary/aromatic N) is 1. The molecule has 0 aromatic heterocycles. The van der Waals surface area contributed by atoms with Gasteiger partial charge in [-0.1, -0.05) is 25.1 Å². The first-order chi connectivity index (χ1) is 9.97. The van der Waals surface area contributed by atoms with Gasteiger partial charge < -0.3 is 20.1 Å². The largest absolute Gasteiger partial charge is 0.465 e. The van der Waals surface area contributed by atoms with Crippen molar-refractivity contribution in [1.29, 1.82) is 0 Å². The number of carbonyl (C=O) groups excluding carboxylic acids is 2. The van der Waals surface area contributed by atoms with Gasteiger partial charge in [0.25, 0.3) is 0 Å². The summed E-state index contributed by atoms with van der Waals surface area (Å²) in [6.07, 6.45) is 3.13. The topological polar surface area (TPSA) is 81.9 Å². The Hall–Kier alpha value is -1.21. The highest BCUT2D eigenvalue weighted by molar-refractivity contribution is 7.80. The van der Waals surface area contributed by atoms with Crippen LogP contribution in [0.25, 0.3) is 0 Å². The smallest absolute Gasteiger partial charge is 0.325 e. The Morgan fingerprint density at radius 2 is 1.95 bits per heavy atom. The van der Waals surface area contributed by atoms with E-state index in [4.69, 9.17) is 27.4 Å². The summed E-state index contributed by atoms with van der Waals surface area (Å²) in [4.78, 5) is 26.2. The molecule has 0 aromatic rings. The van der Waals surface area contributed by atoms with Gasteiger partial charge in [-0.15, -0.1) is 0 Å². The quantitative estimate of drug-likeness (QED) is 0.528. The molecule has 2 N–H and O–H groups in total. The molecule has 1 amide bonds. The van der Waals surface area contributed by atoms with Crippen LogP contribution in [0.5, 0.6) is 0 Å². The van der Waals surface area contributed by atoms with Gasteiger partial charge in [0.2, 0.25) is 5.91 Å². The van der Waals surface area contributed by atoms with E-state index in [1.54, 1.807) is 14.0 Å². The minimum atomic E-state index is -0.810. The lowest BCUT2D eigenvalue weighted by Gasteiger charge is -2.33. The Labute approximate surface area is 130 Å². The second kappa shape index (κ2) is 8.29. The number of hydrogen-bond acceptors (Lipinski definition) is 5. The zero-order valence-corrected chi connectivity index (χ0v) is 13.5. The van der Waals surface area contributed by atoms with Gasteiger partial charge in [-0.05, 0) is 19.8 Å². The van der Waals surface area contributed by atoms with Crippen molar-refractivity contribution in [2.75, 3.05) is 33.4 Å². The highest BCUT2D eigenvalue weighted by atomic mass is 32.1. The molecule has 0 heterocycles. The van der Waals surface area contributed by atoms with Crippen molar-refractivity contribution in [3.8, 4) is 0 Å². The van der Waals surface area contributed by atoms with Gasteiger partial charge in [-0.25, -0.2) is 0 Å². The number of amides is 1. The van der Waals surface area contributed by atoms with E-state index >= 15 is 0 Å². The molecule has 0 bridgehead atoms. The van der Waals surface area contributed by atoms with E-state index in [1.165, 1.54) is 4.90 Å². The van der Waals surface area contributed by atoms with Gasteiger partial charge in [0.15, 0.2) is 0 Å². The molecule has 21 heavy (non-hydrogen) atoms. The first-order valence-electron chi connectivity index (χ1n) is 7.21. The predicted octanol–water partition coefficient (Wildman–Crippen LogP) is 0.871. The molecule has 1 aliphatic carbocycles. The molecule has 1 saturated carbocycles. The fourth-order valence-electron chi connectivity index (χ4n) is 2.66. The second-order valence-corrected chi connectivity index (χ2v) is 5.62. The van der Waals surface area contributed by atoms with Crippen LogP contribution in [-0.4, -0.2) is 55.2 Å². The molecule has 7 heteroatoms. The summed E-state index contributed by atoms with van der Waals surface area (Å²) in [7, 11) is 1.55. The SMILES string of the molecule is CCOC(=O)CN(CCOC)C(=O)C1(C(N)=S)CCCC1. The first-order valence-corrected chi connectivity index (χ1v) is 7.62. The maximum absolute atomic E-state index is 12.8. The zero-order valence-electron chi connectivity index (χ0n) is 12.7. The summed E-state index contributed by atoms with van der Waals surface area (Å²) in [6, 6.07) is 0. The molecular weight excluding hydrogens is 292 g/mol. The summed E-state index contributed by atoms with van der Waals surface area (Å²) in [5, 5.41) is 0. The van der Waals surface area contributed by atoms with Crippen LogP contribution in [0.2, 0.25) is 0 Å². The van der Waals surface area contributed by atoms with E-state index in [9.17, 15) is 9.59 Å². The van der Waals surface area contributed by atoms with Gasteiger partial charge in [-0.3, -0.25) is 9.59 Å². The molecule has 0 atom stereocenters. The lowest BCUT2D eigenvalue weighted by Crippen LogP contribution is -2.51. The number of hydrogen-bond donors (Lipinski definition) is 1. The number of rotatable bonds is 8. The van der Waals surface area contributed by atoms with Crippen molar-refractivity contribution in [3.63, 3.8) is 0 Å². The number of nitrogens with two attached hydrogens (primary N) is 1. The Morgan fingerprint density at radius 3 is 2.43 bits per heavy atom. The van der Waals surface area contributed by atoms with Crippen molar-refractivity contribution >= 4 is 29.1 Å². The molecule has 120 valence electrons. The van der Waals surface area contributed by atoms with E-state index < -0.39 is 11.4 Å². The van der Waals surface area contributed by atoms with Gasteiger partial charge in [0.1, 0.15) is 6.54 Å². The van der Waals surface area contributed by atoms with Crippen molar-refractivity contribution < 1.29 is 19.1 Å². The molecule has 0 unspecified atom stereocenters. The van der Waals surface area contributed by atoms with Gasteiger partial charge in [0, 0.05) is 13.7 Å². The van der Waals surface area contributed by atoms with Crippen molar-refractivity contribution in [2.45, 2.75) is 32.6 Å². The van der Waals surface area contributed by atoms with Gasteiger partial charge >= 0.3 is 5.97 Å². The minimum Gasteiger partial charge on any atom is -0.465 e. The molecule has 0 radical (unpaired) electrons. The number of ether oxygens (including phenoxy) is 2. The summed E-state index contributed by atoms with van der Waals surface area (Å²) >= 11 is 5.12. The number of thiocarbonyl (C=S) groups is 1. The lowest BCUT2D eigenvalue weighted by atomic mass is 9.84. The maximum atomic E-state index is 12.8. The summed E-state index contributed by atoms with van der Waals surface area (Å²) in [5.41, 5.74) is 5.02. The Balaban J connectivity index is 2.87. The predicted molar refractivity (Wildman–Crippen MR) is 82.8 cm³/mol. The highest BCUT2D eigenvalue weighted by Gasteiger charge is 2.46. The fraction of sp³-hybridized carbons (Fsp3) is 0.786. The number of methoxy groups -OCH3 is 1. The summed E-state index contributed by atoms with van der Waals surface area (Å²) in [6.45, 7) is 2.58. The van der Waals surface area contributed by atoms with Crippen molar-refractivity contribution in [2.24, 2.45) is 11.1 Å². The number of esters is 1. The molecule has 6 nitrogen and oxygen atoms in total. The normalized spacial score (nSPS) is 16.5. The minimum absolute atomic E-state index is 0.0968. The van der Waals surface area contributed by atoms with E-state index in [2.05, 4.69) is 0 Å². The molecule has 1 fully saturated rings. The van der Waals surface area contributed by atoms with E-state index in [0.29, 0.717) is 26.0 Å². The van der Waals surface area contributed by atoms with Crippen LogP contribution in [0.4, 0.5) is 0 Å². The van der Waals surface area contributed by atoms with E-state index in [1.807, 2.05) is 0 Å². The Kier molecular flexibility index (Phi) is 7.04. The van der Waals surface area contributed by atoms with E-state index in [-0.39, 0.29) is 24.0 Å². The average molecular weight is 316 g/mol. The van der Waals surface area contributed by atoms with Crippen LogP contribution < -0.4 is 5.73 Å². The molecule has 0 aromatic carbocycles. The standard InChI is InChI=1S/C14H24N2O4S/c1-3-20-11(17)10-16(8-9-19-2)13(18)14(12(15)21)6-4-5-7-14/h3-10H2,1-2H3,(H2,15,21). The third-order valence-electron chi connectivity index (χ3n) is 3.82. The third-order valence-corrected chi connectivity index (χ3v) is 4.21. The number of carbonyl (C=O) groups is 2. The molecule has 0 aliphatic heterocycles. The molecular formula is C14H24N2O4S. The van der Waals surface area contributed by atoms with Crippen LogP contribution in [0.15, 0.2) is 0 Å². The molecule has 0 spiro atoms. The van der Waals surface area contributed by atoms with Crippen LogP contribution in [0.3, 0.4) is 0 Å². The Morgan fingerprint density at radius 1 is 1.33 bits per heavy atom. The highest BCUT2D eigenvalue weighted by Crippen LogP contribution is 2.40. The second-order valence-electron chi connectivity index (χ2n) is 5.18. The van der Waals surface area contributed by atoms with Crippen LogP contribution >= 0.6 is 12.2 Å². The molecule has 0 saturated heterocycles. The molecule has 1 rings (SSSR count).